The van der Waals surface area contributed by atoms with Crippen molar-refractivity contribution in [1.82, 2.24) is 0 Å². The molecule has 4 heteroatoms. The van der Waals surface area contributed by atoms with Gasteiger partial charge < -0.3 is 4.74 Å². The molecule has 0 spiro atoms. The average Bonchev–Trinajstić information content (AvgIpc) is 2.90. The van der Waals surface area contributed by atoms with Crippen molar-refractivity contribution in [3.05, 3.63) is 58.9 Å². The molecule has 0 fully saturated rings. The van der Waals surface area contributed by atoms with Crippen molar-refractivity contribution in [3.8, 4) is 5.75 Å². The lowest BCUT2D eigenvalue weighted by Gasteiger charge is -2.16. The van der Waals surface area contributed by atoms with E-state index in [2.05, 4.69) is 6.92 Å². The monoisotopic (exact) mass is 283 g/mol. The minimum atomic E-state index is -0.337. The minimum absolute atomic E-state index is 0.133. The van der Waals surface area contributed by atoms with Crippen LogP contribution >= 0.6 is 22.9 Å². The summed E-state index contributed by atoms with van der Waals surface area (Å²) in [5.41, 5.74) is 0.478. The second-order valence-electron chi connectivity index (χ2n) is 3.80. The Balaban J connectivity index is 2.15. The number of hydrogen-bond acceptors (Lipinski definition) is 2. The highest BCUT2D eigenvalue weighted by Crippen LogP contribution is 2.28. The van der Waals surface area contributed by atoms with Gasteiger partial charge in [-0.2, -0.15) is 0 Å². The number of halogens is 2. The van der Waals surface area contributed by atoms with Crippen LogP contribution in [0.5, 0.6) is 5.75 Å². The highest BCUT2D eigenvalue weighted by Gasteiger charge is 2.13. The predicted octanol–water partition coefficient (Wildman–Crippen LogP) is 4.97. The predicted molar refractivity (Wildman–Crippen MR) is 73.6 cm³/mol. The van der Waals surface area contributed by atoms with Crippen molar-refractivity contribution >= 4 is 22.9 Å². The molecule has 0 aliphatic heterocycles. The zero-order valence-corrected chi connectivity index (χ0v) is 11.3. The van der Waals surface area contributed by atoms with Crippen LogP contribution in [0.4, 0.5) is 4.39 Å². The summed E-state index contributed by atoms with van der Waals surface area (Å²) in [4.78, 5) is 1.09. The molecular formula is C14H13ClFOS. The van der Waals surface area contributed by atoms with Crippen molar-refractivity contribution in [1.29, 1.82) is 0 Å². The highest BCUT2D eigenvalue weighted by atomic mass is 35.5. The summed E-state index contributed by atoms with van der Waals surface area (Å²) in [6, 6.07) is 8.70. The molecule has 0 saturated carbocycles. The molecule has 0 amide bonds. The summed E-state index contributed by atoms with van der Waals surface area (Å²) in [7, 11) is 0. The fraction of sp³-hybridized carbons (Fsp3) is 0.214. The molecule has 0 aliphatic carbocycles. The maximum Gasteiger partial charge on any atom is 0.133 e. The van der Waals surface area contributed by atoms with Gasteiger partial charge in [-0.15, -0.1) is 22.9 Å². The number of rotatable bonds is 5. The summed E-state index contributed by atoms with van der Waals surface area (Å²) in [5, 5.41) is 1.98. The Morgan fingerprint density at radius 2 is 2.22 bits per heavy atom. The molecule has 95 valence electrons. The molecule has 1 aromatic carbocycles. The molecule has 1 radical (unpaired) electrons. The molecule has 0 N–H and O–H groups in total. The Kier molecular flexibility index (Phi) is 4.61. The maximum absolute atomic E-state index is 13.6. The minimum Gasteiger partial charge on any atom is -0.485 e. The first-order valence-electron chi connectivity index (χ1n) is 5.58. The lowest BCUT2D eigenvalue weighted by Crippen LogP contribution is -2.05. The van der Waals surface area contributed by atoms with Gasteiger partial charge in [0.05, 0.1) is 5.88 Å². The topological polar surface area (TPSA) is 9.23 Å². The summed E-state index contributed by atoms with van der Waals surface area (Å²) in [6.07, 6.45) is 0.464. The van der Waals surface area contributed by atoms with Crippen molar-refractivity contribution in [2.75, 3.05) is 0 Å². The third-order valence-corrected chi connectivity index (χ3v) is 3.82. The van der Waals surface area contributed by atoms with Gasteiger partial charge in [-0.25, -0.2) is 4.39 Å². The van der Waals surface area contributed by atoms with Gasteiger partial charge in [0.15, 0.2) is 0 Å². The quantitative estimate of drug-likeness (QED) is 0.704. The summed E-state index contributed by atoms with van der Waals surface area (Å²) >= 11 is 7.22. The van der Waals surface area contributed by atoms with Crippen LogP contribution in [0.2, 0.25) is 0 Å². The number of alkyl halides is 1. The molecule has 1 atom stereocenters. The molecule has 1 aromatic heterocycles. The van der Waals surface area contributed by atoms with Crippen LogP contribution in [0.1, 0.15) is 23.0 Å². The van der Waals surface area contributed by atoms with E-state index in [9.17, 15) is 4.39 Å². The third kappa shape index (κ3) is 3.03. The van der Waals surface area contributed by atoms with E-state index in [0.717, 1.165) is 4.88 Å². The van der Waals surface area contributed by atoms with E-state index in [0.29, 0.717) is 17.7 Å². The Morgan fingerprint density at radius 3 is 2.78 bits per heavy atom. The Labute approximate surface area is 115 Å². The van der Waals surface area contributed by atoms with E-state index in [1.807, 2.05) is 17.5 Å². The normalized spacial score (nSPS) is 12.4. The average molecular weight is 284 g/mol. The lowest BCUT2D eigenvalue weighted by atomic mass is 10.2. The SMILES string of the molecule is [CH2]C[C@H](Oc1ccc(CCl)c(F)c1)c1cccs1. The summed E-state index contributed by atoms with van der Waals surface area (Å²) < 4.78 is 19.3. The second-order valence-corrected chi connectivity index (χ2v) is 5.04. The smallest absolute Gasteiger partial charge is 0.133 e. The molecule has 1 nitrogen and oxygen atoms in total. The largest absolute Gasteiger partial charge is 0.485 e. The number of thiophene rings is 1. The molecule has 2 rings (SSSR count). The second kappa shape index (κ2) is 6.21. The van der Waals surface area contributed by atoms with Crippen LogP contribution in [0.15, 0.2) is 35.7 Å². The van der Waals surface area contributed by atoms with Gasteiger partial charge in [0.1, 0.15) is 17.7 Å². The molecule has 2 aromatic rings. The Bertz CT molecular complexity index is 499. The van der Waals surface area contributed by atoms with Gasteiger partial charge >= 0.3 is 0 Å². The highest BCUT2D eigenvalue weighted by molar-refractivity contribution is 7.10. The van der Waals surface area contributed by atoms with Crippen LogP contribution in [-0.2, 0) is 5.88 Å². The summed E-state index contributed by atoms with van der Waals surface area (Å²) in [5.74, 6) is 0.329. The van der Waals surface area contributed by atoms with E-state index in [-0.39, 0.29) is 17.8 Å². The Hall–Kier alpha value is -1.06. The fourth-order valence-electron chi connectivity index (χ4n) is 1.61. The van der Waals surface area contributed by atoms with E-state index in [4.69, 9.17) is 16.3 Å². The molecule has 0 aliphatic rings. The Morgan fingerprint density at radius 1 is 1.39 bits per heavy atom. The van der Waals surface area contributed by atoms with Gasteiger partial charge in [0, 0.05) is 16.5 Å². The van der Waals surface area contributed by atoms with E-state index in [1.54, 1.807) is 23.5 Å². The molecule has 0 unspecified atom stereocenters. The van der Waals surface area contributed by atoms with Gasteiger partial charge in [0.25, 0.3) is 0 Å². The molecule has 0 bridgehead atoms. The van der Waals surface area contributed by atoms with Gasteiger partial charge in [-0.3, -0.25) is 0 Å². The van der Waals surface area contributed by atoms with Crippen LogP contribution in [0.3, 0.4) is 0 Å². The van der Waals surface area contributed by atoms with Gasteiger partial charge in [0.2, 0.25) is 0 Å². The van der Waals surface area contributed by atoms with Crippen molar-refractivity contribution in [2.45, 2.75) is 18.4 Å². The van der Waals surface area contributed by atoms with Crippen molar-refractivity contribution < 1.29 is 9.13 Å². The number of hydrogen-bond donors (Lipinski definition) is 0. The first-order chi connectivity index (χ1) is 8.74. The fourth-order valence-corrected chi connectivity index (χ4v) is 2.61. The zero-order valence-electron chi connectivity index (χ0n) is 9.74. The molecule has 0 saturated heterocycles. The first-order valence-corrected chi connectivity index (χ1v) is 6.99. The van der Waals surface area contributed by atoms with Crippen LogP contribution in [-0.4, -0.2) is 0 Å². The number of ether oxygens (including phenoxy) is 1. The van der Waals surface area contributed by atoms with Crippen molar-refractivity contribution in [3.63, 3.8) is 0 Å². The van der Waals surface area contributed by atoms with Gasteiger partial charge in [-0.05, 0) is 30.9 Å². The maximum atomic E-state index is 13.6. The van der Waals surface area contributed by atoms with E-state index >= 15 is 0 Å². The molecule has 1 heterocycles. The van der Waals surface area contributed by atoms with Gasteiger partial charge in [-0.1, -0.05) is 12.1 Å². The third-order valence-electron chi connectivity index (χ3n) is 2.57. The number of benzene rings is 1. The standard InChI is InChI=1S/C14H13ClFOS/c1-2-13(14-4-3-7-18-14)17-11-6-5-10(9-15)12(16)8-11/h3-8,13H,1-2,9H2/t13-/m0/s1. The first kappa shape index (κ1) is 13.4. The van der Waals surface area contributed by atoms with Crippen molar-refractivity contribution in [2.24, 2.45) is 0 Å². The molecular weight excluding hydrogens is 271 g/mol. The zero-order chi connectivity index (χ0) is 13.0. The van der Waals surface area contributed by atoms with Crippen LogP contribution in [0.25, 0.3) is 0 Å². The van der Waals surface area contributed by atoms with E-state index < -0.39 is 0 Å². The van der Waals surface area contributed by atoms with E-state index in [1.165, 1.54) is 6.07 Å². The lowest BCUT2D eigenvalue weighted by molar-refractivity contribution is 0.211. The summed E-state index contributed by atoms with van der Waals surface area (Å²) in [6.45, 7) is 3.86. The van der Waals surface area contributed by atoms with Crippen LogP contribution < -0.4 is 4.74 Å². The van der Waals surface area contributed by atoms with Crippen LogP contribution in [0, 0.1) is 12.7 Å². The molecule has 18 heavy (non-hydrogen) atoms.